The van der Waals surface area contributed by atoms with Crippen molar-refractivity contribution in [3.8, 4) is 5.75 Å². The maximum Gasteiger partial charge on any atom is 0.284 e. The van der Waals surface area contributed by atoms with E-state index in [0.717, 1.165) is 0 Å². The third-order valence-electron chi connectivity index (χ3n) is 1.52. The maximum atomic E-state index is 12.2. The third kappa shape index (κ3) is 2.05. The van der Waals surface area contributed by atoms with Crippen molar-refractivity contribution in [1.29, 1.82) is 0 Å². The second kappa shape index (κ2) is 4.14. The van der Waals surface area contributed by atoms with E-state index in [2.05, 4.69) is 4.98 Å². The van der Waals surface area contributed by atoms with E-state index < -0.39 is 17.9 Å². The molecule has 0 aliphatic carbocycles. The Morgan fingerprint density at radius 1 is 1.62 bits per heavy atom. The summed E-state index contributed by atoms with van der Waals surface area (Å²) in [6, 6.07) is 0. The molecule has 0 saturated carbocycles. The third-order valence-corrected chi connectivity index (χ3v) is 2.72. The van der Waals surface area contributed by atoms with Crippen LogP contribution in [0.2, 0.25) is 0 Å². The summed E-state index contributed by atoms with van der Waals surface area (Å²) in [5.41, 5.74) is 5.26. The molecule has 0 fully saturated rings. The summed E-state index contributed by atoms with van der Waals surface area (Å²) in [4.78, 5) is 3.42. The van der Waals surface area contributed by atoms with Crippen molar-refractivity contribution in [2.45, 2.75) is 13.0 Å². The second-order valence-electron chi connectivity index (χ2n) is 2.34. The van der Waals surface area contributed by atoms with Crippen LogP contribution in [0.5, 0.6) is 5.75 Å². The van der Waals surface area contributed by atoms with E-state index in [9.17, 15) is 13.9 Å². The highest BCUT2D eigenvalue weighted by Crippen LogP contribution is 2.31. The zero-order valence-corrected chi connectivity index (χ0v) is 8.62. The first kappa shape index (κ1) is 10.6. The predicted molar refractivity (Wildman–Crippen MR) is 51.5 cm³/mol. The average Bonchev–Trinajstić information content (AvgIpc) is 2.09. The molecule has 0 radical (unpaired) electrons. The van der Waals surface area contributed by atoms with Gasteiger partial charge in [-0.15, -0.1) is 0 Å². The van der Waals surface area contributed by atoms with Gasteiger partial charge in [0.1, 0.15) is 5.69 Å². The molecule has 0 saturated heterocycles. The van der Waals surface area contributed by atoms with Crippen molar-refractivity contribution >= 4 is 22.6 Å². The molecular weight excluding hydrogens is 293 g/mol. The fourth-order valence-electron chi connectivity index (χ4n) is 0.832. The van der Waals surface area contributed by atoms with Crippen LogP contribution in [0.4, 0.5) is 8.78 Å². The first-order chi connectivity index (χ1) is 6.07. The van der Waals surface area contributed by atoms with E-state index in [-0.39, 0.29) is 6.54 Å². The lowest BCUT2D eigenvalue weighted by Gasteiger charge is -2.07. The molecule has 1 aromatic rings. The van der Waals surface area contributed by atoms with Gasteiger partial charge in [0, 0.05) is 18.3 Å². The maximum absolute atomic E-state index is 12.2. The summed E-state index contributed by atoms with van der Waals surface area (Å²) in [6.45, 7) is 0.169. The molecule has 3 N–H and O–H groups in total. The van der Waals surface area contributed by atoms with Crippen LogP contribution in [0.15, 0.2) is 6.20 Å². The van der Waals surface area contributed by atoms with Gasteiger partial charge >= 0.3 is 0 Å². The van der Waals surface area contributed by atoms with Crippen LogP contribution in [0.25, 0.3) is 0 Å². The van der Waals surface area contributed by atoms with Gasteiger partial charge in [-0.25, -0.2) is 8.78 Å². The normalized spacial score (nSPS) is 10.8. The van der Waals surface area contributed by atoms with E-state index in [1.54, 1.807) is 22.6 Å². The van der Waals surface area contributed by atoms with Crippen LogP contribution in [-0.2, 0) is 6.54 Å². The first-order valence-electron chi connectivity index (χ1n) is 3.42. The Morgan fingerprint density at radius 2 is 2.23 bits per heavy atom. The largest absolute Gasteiger partial charge is 0.505 e. The molecule has 0 spiro atoms. The van der Waals surface area contributed by atoms with Crippen molar-refractivity contribution in [2.24, 2.45) is 5.73 Å². The summed E-state index contributed by atoms with van der Waals surface area (Å²) in [7, 11) is 0. The average molecular weight is 300 g/mol. The van der Waals surface area contributed by atoms with Gasteiger partial charge in [0.05, 0.1) is 3.57 Å². The van der Waals surface area contributed by atoms with Gasteiger partial charge in [-0.2, -0.15) is 0 Å². The van der Waals surface area contributed by atoms with Gasteiger partial charge in [-0.3, -0.25) is 4.98 Å². The standard InChI is InChI=1S/C7H7F2IN2O/c8-7(9)5-6(13)4(10)3(1-11)2-12-5/h2,7,13H,1,11H2. The fraction of sp³-hybridized carbons (Fsp3) is 0.286. The Hall–Kier alpha value is -0.500. The van der Waals surface area contributed by atoms with Gasteiger partial charge in [0.25, 0.3) is 6.43 Å². The minimum atomic E-state index is -2.76. The van der Waals surface area contributed by atoms with Crippen LogP contribution in [0.3, 0.4) is 0 Å². The summed E-state index contributed by atoms with van der Waals surface area (Å²) in [5, 5.41) is 9.27. The molecule has 0 aromatic carbocycles. The summed E-state index contributed by atoms with van der Waals surface area (Å²) >= 11 is 1.76. The molecule has 1 heterocycles. The quantitative estimate of drug-likeness (QED) is 0.819. The summed E-state index contributed by atoms with van der Waals surface area (Å²) in [5.74, 6) is -0.474. The number of rotatable bonds is 2. The zero-order valence-electron chi connectivity index (χ0n) is 6.47. The van der Waals surface area contributed by atoms with Crippen molar-refractivity contribution in [1.82, 2.24) is 4.98 Å². The van der Waals surface area contributed by atoms with Crippen LogP contribution in [0, 0.1) is 3.57 Å². The zero-order chi connectivity index (χ0) is 10.0. The molecule has 0 amide bonds. The number of halogens is 3. The molecule has 1 aromatic heterocycles. The Balaban J connectivity index is 3.23. The Morgan fingerprint density at radius 3 is 2.69 bits per heavy atom. The topological polar surface area (TPSA) is 59.1 Å². The fourth-order valence-corrected chi connectivity index (χ4v) is 1.47. The Kier molecular flexibility index (Phi) is 3.37. The molecule has 6 heteroatoms. The minimum Gasteiger partial charge on any atom is -0.505 e. The minimum absolute atomic E-state index is 0.169. The molecule has 0 bridgehead atoms. The van der Waals surface area contributed by atoms with Crippen LogP contribution >= 0.6 is 22.6 Å². The highest BCUT2D eigenvalue weighted by atomic mass is 127. The van der Waals surface area contributed by atoms with Gasteiger partial charge in [-0.05, 0) is 22.6 Å². The van der Waals surface area contributed by atoms with Crippen molar-refractivity contribution < 1.29 is 13.9 Å². The Labute approximate surface area is 87.1 Å². The molecule has 13 heavy (non-hydrogen) atoms. The molecule has 0 atom stereocenters. The van der Waals surface area contributed by atoms with Gasteiger partial charge in [-0.1, -0.05) is 0 Å². The monoisotopic (exact) mass is 300 g/mol. The van der Waals surface area contributed by atoms with Gasteiger partial charge < -0.3 is 10.8 Å². The van der Waals surface area contributed by atoms with Gasteiger partial charge in [0.15, 0.2) is 5.75 Å². The number of nitrogens with two attached hydrogens (primary N) is 1. The molecule has 0 unspecified atom stereocenters. The molecule has 3 nitrogen and oxygen atoms in total. The number of nitrogens with zero attached hydrogens (tertiary/aromatic N) is 1. The smallest absolute Gasteiger partial charge is 0.284 e. The molecule has 72 valence electrons. The van der Waals surface area contributed by atoms with E-state index in [4.69, 9.17) is 5.73 Å². The molecule has 1 rings (SSSR count). The van der Waals surface area contributed by atoms with Crippen LogP contribution < -0.4 is 5.73 Å². The van der Waals surface area contributed by atoms with E-state index in [0.29, 0.717) is 9.13 Å². The van der Waals surface area contributed by atoms with Crippen LogP contribution in [-0.4, -0.2) is 10.1 Å². The van der Waals surface area contributed by atoms with Crippen molar-refractivity contribution in [3.63, 3.8) is 0 Å². The lowest BCUT2D eigenvalue weighted by Crippen LogP contribution is -2.03. The van der Waals surface area contributed by atoms with Crippen molar-refractivity contribution in [2.75, 3.05) is 0 Å². The molecule has 0 aliphatic heterocycles. The molecule has 0 aliphatic rings. The number of hydrogen-bond acceptors (Lipinski definition) is 3. The first-order valence-corrected chi connectivity index (χ1v) is 4.50. The van der Waals surface area contributed by atoms with E-state index >= 15 is 0 Å². The predicted octanol–water partition coefficient (Wildman–Crippen LogP) is 1.79. The van der Waals surface area contributed by atoms with E-state index in [1.807, 2.05) is 0 Å². The SMILES string of the molecule is NCc1cnc(C(F)F)c(O)c1I. The number of hydrogen-bond donors (Lipinski definition) is 2. The Bertz CT molecular complexity index is 320. The molecular formula is C7H7F2IN2O. The highest BCUT2D eigenvalue weighted by Gasteiger charge is 2.18. The van der Waals surface area contributed by atoms with Crippen molar-refractivity contribution in [3.05, 3.63) is 21.0 Å². The second-order valence-corrected chi connectivity index (χ2v) is 3.41. The van der Waals surface area contributed by atoms with Crippen LogP contribution in [0.1, 0.15) is 17.7 Å². The summed E-state index contributed by atoms with van der Waals surface area (Å²) in [6.07, 6.45) is -1.51. The number of alkyl halides is 2. The lowest BCUT2D eigenvalue weighted by atomic mass is 10.2. The highest BCUT2D eigenvalue weighted by molar-refractivity contribution is 14.1. The lowest BCUT2D eigenvalue weighted by molar-refractivity contribution is 0.141. The van der Waals surface area contributed by atoms with Gasteiger partial charge in [0.2, 0.25) is 0 Å². The number of aromatic hydroxyl groups is 1. The number of pyridine rings is 1. The van der Waals surface area contributed by atoms with E-state index in [1.165, 1.54) is 6.20 Å². The number of aromatic nitrogens is 1. The summed E-state index contributed by atoms with van der Waals surface area (Å²) < 4.78 is 24.7.